The molecule has 3 aromatic rings. The minimum Gasteiger partial charge on any atom is -0.481 e. The Morgan fingerprint density at radius 1 is 0.935 bits per heavy atom. The van der Waals surface area contributed by atoms with Gasteiger partial charge in [0.2, 0.25) is 0 Å². The monoisotopic (exact) mass is 479 g/mol. The van der Waals surface area contributed by atoms with E-state index >= 15 is 0 Å². The molecule has 0 saturated carbocycles. The van der Waals surface area contributed by atoms with Crippen LogP contribution < -0.4 is 5.73 Å². The fourth-order valence-electron chi connectivity index (χ4n) is 4.19. The van der Waals surface area contributed by atoms with Crippen LogP contribution in [0.15, 0.2) is 77.3 Å². The van der Waals surface area contributed by atoms with E-state index in [2.05, 4.69) is 15.9 Å². The highest BCUT2D eigenvalue weighted by atomic mass is 79.9. The summed E-state index contributed by atoms with van der Waals surface area (Å²) < 4.78 is 6.36. The van der Waals surface area contributed by atoms with E-state index in [1.807, 2.05) is 72.8 Å². The highest BCUT2D eigenvalue weighted by molar-refractivity contribution is 9.10. The van der Waals surface area contributed by atoms with Crippen LogP contribution in [0.5, 0.6) is 0 Å². The molecule has 0 fully saturated rings. The number of halogens is 1. The summed E-state index contributed by atoms with van der Waals surface area (Å²) in [6, 6.07) is 22.5. The van der Waals surface area contributed by atoms with E-state index in [-0.39, 0.29) is 18.9 Å². The molecule has 0 aromatic heterocycles. The number of esters is 1. The Bertz CT molecular complexity index is 1080. The lowest BCUT2D eigenvalue weighted by Gasteiger charge is -2.21. The molecule has 2 atom stereocenters. The predicted octanol–water partition coefficient (Wildman–Crippen LogP) is 4.38. The number of carbonyl (C=O) groups is 2. The number of rotatable bonds is 7. The van der Waals surface area contributed by atoms with Gasteiger partial charge in [0.1, 0.15) is 6.61 Å². The molecular weight excluding hydrogens is 458 g/mol. The van der Waals surface area contributed by atoms with Crippen molar-refractivity contribution in [2.24, 2.45) is 11.7 Å². The standard InChI is InChI=1S/C25H22BrNO4/c26-21-12-6-1-7-15(21)13-22(27)23(24(28)29)25(30)31-14-20-18-10-4-2-8-16(18)17-9-3-5-11-19(17)20/h1-12,20,22-23H,13-14,27H2,(H,28,29)/t22-,23+/m0/s1. The molecule has 0 spiro atoms. The fraction of sp³-hybridized carbons (Fsp3) is 0.200. The average Bonchev–Trinajstić information content (AvgIpc) is 3.07. The van der Waals surface area contributed by atoms with Crippen molar-refractivity contribution >= 4 is 27.9 Å². The topological polar surface area (TPSA) is 89.6 Å². The zero-order valence-corrected chi connectivity index (χ0v) is 18.3. The summed E-state index contributed by atoms with van der Waals surface area (Å²) in [5.74, 6) is -3.67. The molecule has 3 N–H and O–H groups in total. The molecule has 0 amide bonds. The third kappa shape index (κ3) is 4.27. The van der Waals surface area contributed by atoms with E-state index < -0.39 is 23.9 Å². The van der Waals surface area contributed by atoms with Gasteiger partial charge in [-0.25, -0.2) is 0 Å². The first-order valence-corrected chi connectivity index (χ1v) is 10.8. The molecule has 31 heavy (non-hydrogen) atoms. The lowest BCUT2D eigenvalue weighted by Crippen LogP contribution is -2.43. The van der Waals surface area contributed by atoms with Crippen molar-refractivity contribution in [3.63, 3.8) is 0 Å². The van der Waals surface area contributed by atoms with Crippen LogP contribution in [0.1, 0.15) is 22.6 Å². The molecule has 5 nitrogen and oxygen atoms in total. The summed E-state index contributed by atoms with van der Waals surface area (Å²) in [6.45, 7) is 0.0678. The molecule has 0 heterocycles. The van der Waals surface area contributed by atoms with Crippen LogP contribution in [0.4, 0.5) is 0 Å². The Balaban J connectivity index is 1.50. The van der Waals surface area contributed by atoms with E-state index in [0.717, 1.165) is 32.3 Å². The first-order valence-electron chi connectivity index (χ1n) is 10.0. The highest BCUT2D eigenvalue weighted by Gasteiger charge is 2.36. The van der Waals surface area contributed by atoms with E-state index in [4.69, 9.17) is 10.5 Å². The van der Waals surface area contributed by atoms with Crippen molar-refractivity contribution in [2.75, 3.05) is 6.61 Å². The van der Waals surface area contributed by atoms with E-state index in [9.17, 15) is 14.7 Å². The number of nitrogens with two attached hydrogens (primary N) is 1. The van der Waals surface area contributed by atoms with Crippen LogP contribution in [0.3, 0.4) is 0 Å². The van der Waals surface area contributed by atoms with Gasteiger partial charge >= 0.3 is 11.9 Å². The van der Waals surface area contributed by atoms with Gasteiger partial charge in [0, 0.05) is 16.4 Å². The predicted molar refractivity (Wildman–Crippen MR) is 122 cm³/mol. The molecule has 158 valence electrons. The number of aliphatic carboxylic acids is 1. The Morgan fingerprint density at radius 3 is 2.06 bits per heavy atom. The van der Waals surface area contributed by atoms with Crippen LogP contribution in [0.2, 0.25) is 0 Å². The first-order chi connectivity index (χ1) is 15.0. The van der Waals surface area contributed by atoms with E-state index in [1.165, 1.54) is 0 Å². The molecule has 0 unspecified atom stereocenters. The van der Waals surface area contributed by atoms with Crippen LogP contribution in [0, 0.1) is 5.92 Å². The Kier molecular flexibility index (Phi) is 6.20. The van der Waals surface area contributed by atoms with Crippen molar-refractivity contribution in [3.05, 3.63) is 94.0 Å². The van der Waals surface area contributed by atoms with Gasteiger partial charge in [-0.1, -0.05) is 82.7 Å². The summed E-state index contributed by atoms with van der Waals surface area (Å²) in [4.78, 5) is 24.6. The van der Waals surface area contributed by atoms with Crippen LogP contribution >= 0.6 is 15.9 Å². The summed E-state index contributed by atoms with van der Waals surface area (Å²) in [5, 5.41) is 9.68. The van der Waals surface area contributed by atoms with Gasteiger partial charge in [-0.2, -0.15) is 0 Å². The first kappa shape index (κ1) is 21.3. The molecule has 1 aliphatic rings. The maximum absolute atomic E-state index is 12.8. The van der Waals surface area contributed by atoms with Gasteiger partial charge in [-0.3, -0.25) is 9.59 Å². The third-order valence-electron chi connectivity index (χ3n) is 5.72. The van der Waals surface area contributed by atoms with Crippen molar-refractivity contribution in [3.8, 4) is 11.1 Å². The molecule has 6 heteroatoms. The van der Waals surface area contributed by atoms with Crippen LogP contribution in [0.25, 0.3) is 11.1 Å². The largest absolute Gasteiger partial charge is 0.481 e. The summed E-state index contributed by atoms with van der Waals surface area (Å²) in [6.07, 6.45) is 0.239. The number of hydrogen-bond donors (Lipinski definition) is 2. The Hall–Kier alpha value is -2.96. The number of carboxylic acids is 1. The molecule has 1 aliphatic carbocycles. The van der Waals surface area contributed by atoms with E-state index in [0.29, 0.717) is 0 Å². The summed E-state index contributed by atoms with van der Waals surface area (Å²) in [7, 11) is 0. The second-order valence-electron chi connectivity index (χ2n) is 7.63. The van der Waals surface area contributed by atoms with Gasteiger partial charge in [0.15, 0.2) is 5.92 Å². The maximum atomic E-state index is 12.8. The average molecular weight is 480 g/mol. The second-order valence-corrected chi connectivity index (χ2v) is 8.49. The number of carboxylic acid groups (broad SMARTS) is 1. The second kappa shape index (κ2) is 9.04. The number of benzene rings is 3. The molecule has 0 aliphatic heterocycles. The van der Waals surface area contributed by atoms with Crippen molar-refractivity contribution in [1.29, 1.82) is 0 Å². The Labute approximate surface area is 189 Å². The number of fused-ring (bicyclic) bond motifs is 3. The van der Waals surface area contributed by atoms with Gasteiger partial charge in [0.05, 0.1) is 0 Å². The van der Waals surface area contributed by atoms with Crippen molar-refractivity contribution < 1.29 is 19.4 Å². The molecule has 3 aromatic carbocycles. The summed E-state index contributed by atoms with van der Waals surface area (Å²) >= 11 is 3.43. The summed E-state index contributed by atoms with van der Waals surface area (Å²) in [5.41, 5.74) is 11.4. The minimum absolute atomic E-state index is 0.0678. The smallest absolute Gasteiger partial charge is 0.321 e. The van der Waals surface area contributed by atoms with Gasteiger partial charge in [-0.15, -0.1) is 0 Å². The number of hydrogen-bond acceptors (Lipinski definition) is 4. The van der Waals surface area contributed by atoms with Crippen LogP contribution in [-0.4, -0.2) is 29.7 Å². The van der Waals surface area contributed by atoms with Crippen molar-refractivity contribution in [1.82, 2.24) is 0 Å². The fourth-order valence-corrected chi connectivity index (χ4v) is 4.64. The maximum Gasteiger partial charge on any atom is 0.321 e. The quantitative estimate of drug-likeness (QED) is 0.387. The zero-order chi connectivity index (χ0) is 22.0. The molecule has 0 radical (unpaired) electrons. The molecule has 0 saturated heterocycles. The normalized spacial score (nSPS) is 14.4. The van der Waals surface area contributed by atoms with E-state index in [1.54, 1.807) is 0 Å². The van der Waals surface area contributed by atoms with Crippen LogP contribution in [-0.2, 0) is 20.7 Å². The highest BCUT2D eigenvalue weighted by Crippen LogP contribution is 2.44. The molecule has 0 bridgehead atoms. The lowest BCUT2D eigenvalue weighted by atomic mass is 9.94. The van der Waals surface area contributed by atoms with Crippen molar-refractivity contribution in [2.45, 2.75) is 18.4 Å². The number of ether oxygens (including phenoxy) is 1. The van der Waals surface area contributed by atoms with Gasteiger partial charge in [-0.05, 0) is 40.3 Å². The lowest BCUT2D eigenvalue weighted by molar-refractivity contribution is -0.159. The zero-order valence-electron chi connectivity index (χ0n) is 16.7. The minimum atomic E-state index is -1.45. The van der Waals surface area contributed by atoms with Gasteiger partial charge in [0.25, 0.3) is 0 Å². The molecular formula is C25H22BrNO4. The SMILES string of the molecule is N[C@@H](Cc1ccccc1Br)[C@H](C(=O)O)C(=O)OCC1c2ccccc2-c2ccccc21. The third-order valence-corrected chi connectivity index (χ3v) is 6.49. The number of carbonyl (C=O) groups excluding carboxylic acids is 1. The van der Waals surface area contributed by atoms with Gasteiger partial charge < -0.3 is 15.6 Å². The molecule has 4 rings (SSSR count). The Morgan fingerprint density at radius 2 is 1.48 bits per heavy atom.